The van der Waals surface area contributed by atoms with Crippen molar-refractivity contribution in [3.63, 3.8) is 0 Å². The number of hydrogen-bond donors (Lipinski definition) is 1. The van der Waals surface area contributed by atoms with Crippen molar-refractivity contribution in [2.24, 2.45) is 23.5 Å². The molecule has 3 heteroatoms. The fraction of sp³-hybridized carbons (Fsp3) is 0.917. The summed E-state index contributed by atoms with van der Waals surface area (Å²) in [7, 11) is 0. The maximum absolute atomic E-state index is 12.3. The average molecular weight is 210 g/mol. The van der Waals surface area contributed by atoms with E-state index in [1.807, 2.05) is 18.7 Å². The van der Waals surface area contributed by atoms with E-state index in [4.69, 9.17) is 5.73 Å². The van der Waals surface area contributed by atoms with Crippen molar-refractivity contribution in [1.82, 2.24) is 4.90 Å². The lowest BCUT2D eigenvalue weighted by Gasteiger charge is -2.31. The van der Waals surface area contributed by atoms with Crippen molar-refractivity contribution in [3.8, 4) is 0 Å². The number of nitrogens with zero attached hydrogens (tertiary/aromatic N) is 1. The third kappa shape index (κ3) is 1.67. The Morgan fingerprint density at radius 1 is 1.27 bits per heavy atom. The Labute approximate surface area is 92.0 Å². The molecule has 0 aromatic heterocycles. The molecular weight excluding hydrogens is 188 g/mol. The summed E-state index contributed by atoms with van der Waals surface area (Å²) in [5.74, 6) is 1.64. The quantitative estimate of drug-likeness (QED) is 0.761. The highest BCUT2D eigenvalue weighted by molar-refractivity contribution is 5.80. The molecule has 2 aliphatic rings. The van der Waals surface area contributed by atoms with Crippen LogP contribution in [0.25, 0.3) is 0 Å². The molecule has 86 valence electrons. The van der Waals surface area contributed by atoms with E-state index in [0.29, 0.717) is 17.7 Å². The van der Waals surface area contributed by atoms with E-state index >= 15 is 0 Å². The van der Waals surface area contributed by atoms with Crippen molar-refractivity contribution in [1.29, 1.82) is 0 Å². The second-order valence-electron chi connectivity index (χ2n) is 4.95. The van der Waals surface area contributed by atoms with Gasteiger partial charge in [0.1, 0.15) is 0 Å². The highest BCUT2D eigenvalue weighted by Crippen LogP contribution is 2.48. The predicted octanol–water partition coefficient (Wildman–Crippen LogP) is 1.23. The van der Waals surface area contributed by atoms with Crippen LogP contribution >= 0.6 is 0 Å². The minimum absolute atomic E-state index is 0.128. The molecule has 0 aromatic rings. The van der Waals surface area contributed by atoms with E-state index in [0.717, 1.165) is 13.1 Å². The first kappa shape index (κ1) is 10.9. The van der Waals surface area contributed by atoms with Gasteiger partial charge in [0.2, 0.25) is 5.91 Å². The standard InChI is InChI=1S/C12H22N2O/c1-3-14(4-2)12(15)10-8-5-6-9(7-8)11(10)13/h8-11H,3-7,13H2,1-2H3. The molecule has 0 saturated heterocycles. The molecule has 1 amide bonds. The van der Waals surface area contributed by atoms with Crippen LogP contribution in [0.5, 0.6) is 0 Å². The first-order valence-electron chi connectivity index (χ1n) is 6.23. The number of nitrogens with two attached hydrogens (primary N) is 1. The topological polar surface area (TPSA) is 46.3 Å². The molecule has 2 aliphatic carbocycles. The van der Waals surface area contributed by atoms with Crippen LogP contribution in [-0.2, 0) is 4.79 Å². The van der Waals surface area contributed by atoms with E-state index in [1.165, 1.54) is 19.3 Å². The van der Waals surface area contributed by atoms with E-state index < -0.39 is 0 Å². The smallest absolute Gasteiger partial charge is 0.227 e. The van der Waals surface area contributed by atoms with Crippen molar-refractivity contribution in [2.45, 2.75) is 39.2 Å². The maximum Gasteiger partial charge on any atom is 0.227 e. The Morgan fingerprint density at radius 2 is 1.87 bits per heavy atom. The van der Waals surface area contributed by atoms with E-state index in [9.17, 15) is 4.79 Å². The van der Waals surface area contributed by atoms with Gasteiger partial charge in [0.15, 0.2) is 0 Å². The lowest BCUT2D eigenvalue weighted by Crippen LogP contribution is -2.47. The lowest BCUT2D eigenvalue weighted by molar-refractivity contribution is -0.137. The first-order valence-corrected chi connectivity index (χ1v) is 6.23. The number of fused-ring (bicyclic) bond motifs is 2. The molecule has 0 aliphatic heterocycles. The number of carbonyl (C=O) groups excluding carboxylic acids is 1. The summed E-state index contributed by atoms with van der Waals surface area (Å²) < 4.78 is 0. The van der Waals surface area contributed by atoms with Crippen LogP contribution in [0.15, 0.2) is 0 Å². The fourth-order valence-electron chi connectivity index (χ4n) is 3.45. The van der Waals surface area contributed by atoms with Gasteiger partial charge in [0.25, 0.3) is 0 Å². The fourth-order valence-corrected chi connectivity index (χ4v) is 3.45. The lowest BCUT2D eigenvalue weighted by atomic mass is 9.84. The predicted molar refractivity (Wildman–Crippen MR) is 60.2 cm³/mol. The second kappa shape index (κ2) is 4.12. The molecule has 0 heterocycles. The minimum Gasteiger partial charge on any atom is -0.343 e. The molecule has 0 aromatic carbocycles. The summed E-state index contributed by atoms with van der Waals surface area (Å²) in [5, 5.41) is 0. The zero-order valence-electron chi connectivity index (χ0n) is 9.78. The summed E-state index contributed by atoms with van der Waals surface area (Å²) in [4.78, 5) is 14.2. The third-order valence-electron chi connectivity index (χ3n) is 4.34. The summed E-state index contributed by atoms with van der Waals surface area (Å²) in [6.07, 6.45) is 3.66. The van der Waals surface area contributed by atoms with Crippen LogP contribution in [0.1, 0.15) is 33.1 Å². The van der Waals surface area contributed by atoms with Crippen molar-refractivity contribution < 1.29 is 4.79 Å². The number of rotatable bonds is 3. The van der Waals surface area contributed by atoms with Crippen molar-refractivity contribution in [2.75, 3.05) is 13.1 Å². The molecule has 2 saturated carbocycles. The van der Waals surface area contributed by atoms with Gasteiger partial charge in [0.05, 0.1) is 5.92 Å². The SMILES string of the molecule is CCN(CC)C(=O)C1C2CCC(C2)C1N. The van der Waals surface area contributed by atoms with Gasteiger partial charge in [-0.15, -0.1) is 0 Å². The summed E-state index contributed by atoms with van der Waals surface area (Å²) in [6.45, 7) is 5.71. The molecule has 0 spiro atoms. The van der Waals surface area contributed by atoms with Crippen LogP contribution in [0.4, 0.5) is 0 Å². The van der Waals surface area contributed by atoms with Crippen LogP contribution in [-0.4, -0.2) is 29.9 Å². The molecule has 2 bridgehead atoms. The highest BCUT2D eigenvalue weighted by Gasteiger charge is 2.49. The van der Waals surface area contributed by atoms with Crippen LogP contribution < -0.4 is 5.73 Å². The molecule has 0 radical (unpaired) electrons. The summed E-state index contributed by atoms with van der Waals surface area (Å²) in [5.41, 5.74) is 6.16. The van der Waals surface area contributed by atoms with Gasteiger partial charge in [-0.2, -0.15) is 0 Å². The van der Waals surface area contributed by atoms with Crippen LogP contribution in [0, 0.1) is 17.8 Å². The Morgan fingerprint density at radius 3 is 2.33 bits per heavy atom. The van der Waals surface area contributed by atoms with Gasteiger partial charge in [-0.05, 0) is 44.9 Å². The Hall–Kier alpha value is -0.570. The Bertz CT molecular complexity index is 248. The number of hydrogen-bond acceptors (Lipinski definition) is 2. The molecular formula is C12H22N2O. The molecule has 15 heavy (non-hydrogen) atoms. The average Bonchev–Trinajstić information content (AvgIpc) is 2.79. The van der Waals surface area contributed by atoms with E-state index in [-0.39, 0.29) is 12.0 Å². The largest absolute Gasteiger partial charge is 0.343 e. The van der Waals surface area contributed by atoms with Gasteiger partial charge in [0, 0.05) is 19.1 Å². The summed E-state index contributed by atoms with van der Waals surface area (Å²) >= 11 is 0. The third-order valence-corrected chi connectivity index (χ3v) is 4.34. The molecule has 2 rings (SSSR count). The zero-order chi connectivity index (χ0) is 11.0. The van der Waals surface area contributed by atoms with Crippen molar-refractivity contribution >= 4 is 5.91 Å². The first-order chi connectivity index (χ1) is 7.19. The van der Waals surface area contributed by atoms with Gasteiger partial charge >= 0.3 is 0 Å². The van der Waals surface area contributed by atoms with Gasteiger partial charge < -0.3 is 10.6 Å². The van der Waals surface area contributed by atoms with Crippen LogP contribution in [0.2, 0.25) is 0 Å². The van der Waals surface area contributed by atoms with E-state index in [2.05, 4.69) is 0 Å². The molecule has 3 nitrogen and oxygen atoms in total. The monoisotopic (exact) mass is 210 g/mol. The van der Waals surface area contributed by atoms with Crippen molar-refractivity contribution in [3.05, 3.63) is 0 Å². The Balaban J connectivity index is 2.07. The van der Waals surface area contributed by atoms with Gasteiger partial charge in [-0.3, -0.25) is 4.79 Å². The van der Waals surface area contributed by atoms with Crippen LogP contribution in [0.3, 0.4) is 0 Å². The normalized spacial score (nSPS) is 38.3. The molecule has 4 atom stereocenters. The number of amides is 1. The molecule has 4 unspecified atom stereocenters. The summed E-state index contributed by atoms with van der Waals surface area (Å²) in [6, 6.07) is 0.136. The minimum atomic E-state index is 0.128. The van der Waals surface area contributed by atoms with Gasteiger partial charge in [-0.25, -0.2) is 0 Å². The molecule has 2 fully saturated rings. The maximum atomic E-state index is 12.3. The highest BCUT2D eigenvalue weighted by atomic mass is 16.2. The Kier molecular flexibility index (Phi) is 3.01. The zero-order valence-corrected chi connectivity index (χ0v) is 9.78. The molecule has 2 N–H and O–H groups in total. The second-order valence-corrected chi connectivity index (χ2v) is 4.95. The number of carbonyl (C=O) groups is 1. The van der Waals surface area contributed by atoms with Gasteiger partial charge in [-0.1, -0.05) is 0 Å². The van der Waals surface area contributed by atoms with E-state index in [1.54, 1.807) is 0 Å².